The van der Waals surface area contributed by atoms with E-state index in [0.717, 1.165) is 0 Å². The zero-order valence-electron chi connectivity index (χ0n) is 16.5. The summed E-state index contributed by atoms with van der Waals surface area (Å²) in [5.74, 6) is -0.325. The minimum absolute atomic E-state index is 0.0933. The van der Waals surface area contributed by atoms with Gasteiger partial charge in [0.15, 0.2) is 18.1 Å². The molecule has 1 amide bonds. The number of hydrogen-bond donors (Lipinski definition) is 0. The summed E-state index contributed by atoms with van der Waals surface area (Å²) in [5, 5.41) is 0. The number of carbonyl (C=O) groups excluding carboxylic acids is 2. The van der Waals surface area contributed by atoms with Crippen LogP contribution < -0.4 is 9.47 Å². The van der Waals surface area contributed by atoms with E-state index >= 15 is 0 Å². The van der Waals surface area contributed by atoms with E-state index in [0.29, 0.717) is 11.5 Å². The van der Waals surface area contributed by atoms with Gasteiger partial charge in [0.25, 0.3) is 5.91 Å². The molecule has 1 fully saturated rings. The fourth-order valence-corrected chi connectivity index (χ4v) is 4.13. The average Bonchev–Trinajstić information content (AvgIpc) is 2.70. The molecule has 10 heteroatoms. The summed E-state index contributed by atoms with van der Waals surface area (Å²) in [6, 6.07) is 4.41. The van der Waals surface area contributed by atoms with Crippen molar-refractivity contribution in [2.24, 2.45) is 5.92 Å². The van der Waals surface area contributed by atoms with Crippen molar-refractivity contribution in [2.75, 3.05) is 47.0 Å². The van der Waals surface area contributed by atoms with E-state index in [9.17, 15) is 18.0 Å². The first-order valence-corrected chi connectivity index (χ1v) is 10.3. The van der Waals surface area contributed by atoms with Crippen LogP contribution in [0.15, 0.2) is 23.1 Å². The van der Waals surface area contributed by atoms with Crippen molar-refractivity contribution < 1.29 is 32.2 Å². The second-order valence-electron chi connectivity index (χ2n) is 6.56. The van der Waals surface area contributed by atoms with E-state index in [1.165, 1.54) is 41.6 Å². The first-order chi connectivity index (χ1) is 13.2. The molecule has 0 unspecified atom stereocenters. The van der Waals surface area contributed by atoms with Crippen LogP contribution in [0, 0.1) is 5.92 Å². The van der Waals surface area contributed by atoms with Crippen molar-refractivity contribution >= 4 is 21.9 Å². The van der Waals surface area contributed by atoms with Gasteiger partial charge in [-0.2, -0.15) is 4.31 Å². The highest BCUT2D eigenvalue weighted by Gasteiger charge is 2.31. The van der Waals surface area contributed by atoms with Crippen molar-refractivity contribution in [2.45, 2.75) is 18.7 Å². The Kier molecular flexibility index (Phi) is 7.25. The van der Waals surface area contributed by atoms with Crippen molar-refractivity contribution in [3.8, 4) is 11.5 Å². The molecule has 0 aromatic heterocycles. The molecule has 1 aromatic rings. The Hall–Kier alpha value is -2.33. The number of rotatable bonds is 7. The molecule has 0 radical (unpaired) electrons. The lowest BCUT2D eigenvalue weighted by Gasteiger charge is -2.34. The van der Waals surface area contributed by atoms with Gasteiger partial charge in [-0.05, 0) is 12.1 Å². The van der Waals surface area contributed by atoms with Crippen molar-refractivity contribution in [1.29, 1.82) is 0 Å². The fraction of sp³-hybridized carbons (Fsp3) is 0.556. The van der Waals surface area contributed by atoms with Crippen LogP contribution in [0.5, 0.6) is 11.5 Å². The molecule has 9 nitrogen and oxygen atoms in total. The fourth-order valence-electron chi connectivity index (χ4n) is 2.69. The number of carbonyl (C=O) groups is 2. The Bertz CT molecular complexity index is 815. The Labute approximate surface area is 165 Å². The maximum Gasteiger partial charge on any atom is 0.308 e. The lowest BCUT2D eigenvalue weighted by Crippen LogP contribution is -2.51. The lowest BCUT2D eigenvalue weighted by molar-refractivity contribution is -0.155. The maximum absolute atomic E-state index is 12.9. The summed E-state index contributed by atoms with van der Waals surface area (Å²) < 4.78 is 42.3. The third-order valence-electron chi connectivity index (χ3n) is 4.39. The molecule has 1 aliphatic heterocycles. The highest BCUT2D eigenvalue weighted by Crippen LogP contribution is 2.30. The monoisotopic (exact) mass is 414 g/mol. The van der Waals surface area contributed by atoms with Crippen molar-refractivity contribution in [3.05, 3.63) is 18.2 Å². The van der Waals surface area contributed by atoms with E-state index in [-0.39, 0.29) is 49.5 Å². The van der Waals surface area contributed by atoms with Crippen LogP contribution in [-0.2, 0) is 24.3 Å². The Morgan fingerprint density at radius 1 is 1.04 bits per heavy atom. The first kappa shape index (κ1) is 22.0. The Balaban J connectivity index is 2.00. The molecule has 28 heavy (non-hydrogen) atoms. The number of esters is 1. The second kappa shape index (κ2) is 9.24. The predicted molar refractivity (Wildman–Crippen MR) is 101 cm³/mol. The average molecular weight is 414 g/mol. The lowest BCUT2D eigenvalue weighted by atomic mass is 10.2. The largest absolute Gasteiger partial charge is 0.493 e. The molecule has 0 aliphatic carbocycles. The van der Waals surface area contributed by atoms with Crippen LogP contribution >= 0.6 is 0 Å². The van der Waals surface area contributed by atoms with E-state index in [1.54, 1.807) is 13.8 Å². The van der Waals surface area contributed by atoms with Crippen LogP contribution in [0.1, 0.15) is 13.8 Å². The van der Waals surface area contributed by atoms with Gasteiger partial charge in [0.2, 0.25) is 10.0 Å². The van der Waals surface area contributed by atoms with Crippen LogP contribution in [0.4, 0.5) is 0 Å². The number of methoxy groups -OCH3 is 2. The van der Waals surface area contributed by atoms with Gasteiger partial charge in [-0.25, -0.2) is 8.42 Å². The van der Waals surface area contributed by atoms with E-state index < -0.39 is 16.0 Å². The van der Waals surface area contributed by atoms with Gasteiger partial charge < -0.3 is 19.1 Å². The predicted octanol–water partition coefficient (Wildman–Crippen LogP) is 0.736. The number of sulfonamides is 1. The van der Waals surface area contributed by atoms with Gasteiger partial charge in [-0.3, -0.25) is 9.59 Å². The second-order valence-corrected chi connectivity index (χ2v) is 8.50. The standard InChI is InChI=1S/C18H26N2O7S/c1-13(2)18(22)27-12-17(21)19-7-9-20(10-8-19)28(23,24)14-5-6-15(25-3)16(11-14)26-4/h5-6,11,13H,7-10,12H2,1-4H3. The number of hydrogen-bond acceptors (Lipinski definition) is 7. The molecule has 0 atom stereocenters. The quantitative estimate of drug-likeness (QED) is 0.606. The zero-order valence-corrected chi connectivity index (χ0v) is 17.3. The smallest absolute Gasteiger partial charge is 0.308 e. The highest BCUT2D eigenvalue weighted by atomic mass is 32.2. The SMILES string of the molecule is COc1ccc(S(=O)(=O)N2CCN(C(=O)COC(=O)C(C)C)CC2)cc1OC. The summed E-state index contributed by atoms with van der Waals surface area (Å²) in [4.78, 5) is 25.2. The van der Waals surface area contributed by atoms with E-state index in [1.807, 2.05) is 0 Å². The number of benzene rings is 1. The van der Waals surface area contributed by atoms with Crippen LogP contribution in [0.2, 0.25) is 0 Å². The van der Waals surface area contributed by atoms with Crippen LogP contribution in [0.25, 0.3) is 0 Å². The zero-order chi connectivity index (χ0) is 20.9. The Morgan fingerprint density at radius 3 is 2.18 bits per heavy atom. The van der Waals surface area contributed by atoms with Crippen LogP contribution in [-0.4, -0.2) is 76.5 Å². The number of ether oxygens (including phenoxy) is 3. The van der Waals surface area contributed by atoms with Crippen LogP contribution in [0.3, 0.4) is 0 Å². The summed E-state index contributed by atoms with van der Waals surface area (Å²) >= 11 is 0. The van der Waals surface area contributed by atoms with E-state index in [4.69, 9.17) is 14.2 Å². The van der Waals surface area contributed by atoms with E-state index in [2.05, 4.69) is 0 Å². The normalized spacial score (nSPS) is 15.4. The molecule has 1 heterocycles. The minimum atomic E-state index is -3.73. The first-order valence-electron chi connectivity index (χ1n) is 8.87. The topological polar surface area (TPSA) is 102 Å². The summed E-state index contributed by atoms with van der Waals surface area (Å²) in [7, 11) is -0.823. The van der Waals surface area contributed by atoms with Gasteiger partial charge in [0.1, 0.15) is 0 Å². The molecule has 1 aromatic carbocycles. The molecular formula is C18H26N2O7S. The number of amides is 1. The molecule has 1 aliphatic rings. The molecular weight excluding hydrogens is 388 g/mol. The molecule has 0 bridgehead atoms. The maximum atomic E-state index is 12.9. The summed E-state index contributed by atoms with van der Waals surface area (Å²) in [6.07, 6.45) is 0. The third-order valence-corrected chi connectivity index (χ3v) is 6.29. The van der Waals surface area contributed by atoms with Gasteiger partial charge in [-0.15, -0.1) is 0 Å². The minimum Gasteiger partial charge on any atom is -0.493 e. The molecule has 2 rings (SSSR count). The van der Waals surface area contributed by atoms with Crippen molar-refractivity contribution in [1.82, 2.24) is 9.21 Å². The Morgan fingerprint density at radius 2 is 1.64 bits per heavy atom. The molecule has 0 spiro atoms. The van der Waals surface area contributed by atoms with Gasteiger partial charge in [0.05, 0.1) is 25.0 Å². The molecule has 1 saturated heterocycles. The summed E-state index contributed by atoms with van der Waals surface area (Å²) in [6.45, 7) is 3.80. The number of piperazine rings is 1. The highest BCUT2D eigenvalue weighted by molar-refractivity contribution is 7.89. The van der Waals surface area contributed by atoms with Gasteiger partial charge in [-0.1, -0.05) is 13.8 Å². The molecule has 156 valence electrons. The molecule has 0 N–H and O–H groups in total. The third kappa shape index (κ3) is 4.93. The van der Waals surface area contributed by atoms with Gasteiger partial charge in [0, 0.05) is 32.2 Å². The van der Waals surface area contributed by atoms with Crippen molar-refractivity contribution in [3.63, 3.8) is 0 Å². The molecule has 0 saturated carbocycles. The number of nitrogens with zero attached hydrogens (tertiary/aromatic N) is 2. The summed E-state index contributed by atoms with van der Waals surface area (Å²) in [5.41, 5.74) is 0. The van der Waals surface area contributed by atoms with Gasteiger partial charge >= 0.3 is 5.97 Å².